The second kappa shape index (κ2) is 8.36. The second-order valence-corrected chi connectivity index (χ2v) is 6.62. The van der Waals surface area contributed by atoms with E-state index in [0.29, 0.717) is 0 Å². The summed E-state index contributed by atoms with van der Waals surface area (Å²) in [5, 5.41) is 0. The highest BCUT2D eigenvalue weighted by atomic mass is 16.6. The van der Waals surface area contributed by atoms with E-state index in [0.717, 1.165) is 51.4 Å². The Morgan fingerprint density at radius 2 is 1.64 bits per heavy atom. The first-order valence-corrected chi connectivity index (χ1v) is 9.00. The standard InChI is InChI=1S/C20H30O2/c1-3-11-17(12-4-2)19(21)22-20(15-9-6-10-16-20)18-13-7-5-8-14-18/h5,7-8,13-14,17H,3-4,6,9-12,15-16H2,1-2H3. The quantitative estimate of drug-likeness (QED) is 0.612. The van der Waals surface area contributed by atoms with E-state index >= 15 is 0 Å². The molecule has 0 atom stereocenters. The molecule has 0 radical (unpaired) electrons. The lowest BCUT2D eigenvalue weighted by Crippen LogP contribution is -2.36. The molecule has 0 N–H and O–H groups in total. The number of hydrogen-bond donors (Lipinski definition) is 0. The minimum atomic E-state index is -0.379. The number of hydrogen-bond acceptors (Lipinski definition) is 2. The van der Waals surface area contributed by atoms with Crippen molar-refractivity contribution in [3.8, 4) is 0 Å². The summed E-state index contributed by atoms with van der Waals surface area (Å²) < 4.78 is 6.19. The molecule has 2 nitrogen and oxygen atoms in total. The van der Waals surface area contributed by atoms with Crippen molar-refractivity contribution in [1.82, 2.24) is 0 Å². The predicted octanol–water partition coefficient (Wildman–Crippen LogP) is 5.61. The zero-order chi connectivity index (χ0) is 15.8. The Labute approximate surface area is 135 Å². The van der Waals surface area contributed by atoms with Gasteiger partial charge in [-0.15, -0.1) is 0 Å². The molecule has 0 amide bonds. The fourth-order valence-electron chi connectivity index (χ4n) is 3.67. The minimum absolute atomic E-state index is 0.0226. The highest BCUT2D eigenvalue weighted by molar-refractivity contribution is 5.73. The lowest BCUT2D eigenvalue weighted by Gasteiger charge is -2.38. The van der Waals surface area contributed by atoms with Gasteiger partial charge in [0.25, 0.3) is 0 Å². The molecule has 1 fully saturated rings. The molecule has 1 aromatic carbocycles. The molecule has 0 spiro atoms. The Bertz CT molecular complexity index is 440. The van der Waals surface area contributed by atoms with E-state index in [-0.39, 0.29) is 17.5 Å². The predicted molar refractivity (Wildman–Crippen MR) is 90.6 cm³/mol. The summed E-state index contributed by atoms with van der Waals surface area (Å²) >= 11 is 0. The van der Waals surface area contributed by atoms with Crippen LogP contribution in [-0.4, -0.2) is 5.97 Å². The SMILES string of the molecule is CCCC(CCC)C(=O)OC1(c2ccccc2)CCCCC1. The first kappa shape index (κ1) is 17.1. The topological polar surface area (TPSA) is 26.3 Å². The molecule has 22 heavy (non-hydrogen) atoms. The molecule has 0 heterocycles. The van der Waals surface area contributed by atoms with Gasteiger partial charge in [0.15, 0.2) is 0 Å². The van der Waals surface area contributed by atoms with Crippen LogP contribution in [0.3, 0.4) is 0 Å². The maximum atomic E-state index is 12.7. The lowest BCUT2D eigenvalue weighted by atomic mass is 9.79. The molecule has 0 bridgehead atoms. The molecule has 0 unspecified atom stereocenters. The third kappa shape index (κ3) is 4.12. The van der Waals surface area contributed by atoms with Crippen LogP contribution < -0.4 is 0 Å². The van der Waals surface area contributed by atoms with Crippen LogP contribution in [0.4, 0.5) is 0 Å². The van der Waals surface area contributed by atoms with Crippen molar-refractivity contribution < 1.29 is 9.53 Å². The van der Waals surface area contributed by atoms with E-state index in [1.165, 1.54) is 12.0 Å². The zero-order valence-electron chi connectivity index (χ0n) is 14.1. The van der Waals surface area contributed by atoms with E-state index in [4.69, 9.17) is 4.74 Å². The van der Waals surface area contributed by atoms with Crippen LogP contribution in [0, 0.1) is 5.92 Å². The molecule has 122 valence electrons. The monoisotopic (exact) mass is 302 g/mol. The fraction of sp³-hybridized carbons (Fsp3) is 0.650. The smallest absolute Gasteiger partial charge is 0.309 e. The van der Waals surface area contributed by atoms with E-state index in [1.807, 2.05) is 6.07 Å². The van der Waals surface area contributed by atoms with E-state index in [9.17, 15) is 4.79 Å². The summed E-state index contributed by atoms with van der Waals surface area (Å²) in [6, 6.07) is 10.4. The number of esters is 1. The summed E-state index contributed by atoms with van der Waals surface area (Å²) in [6.45, 7) is 4.28. The zero-order valence-corrected chi connectivity index (χ0v) is 14.1. The van der Waals surface area contributed by atoms with E-state index in [1.54, 1.807) is 0 Å². The van der Waals surface area contributed by atoms with Gasteiger partial charge in [0, 0.05) is 0 Å². The highest BCUT2D eigenvalue weighted by Crippen LogP contribution is 2.41. The van der Waals surface area contributed by atoms with Gasteiger partial charge in [0.2, 0.25) is 0 Å². The van der Waals surface area contributed by atoms with Crippen LogP contribution >= 0.6 is 0 Å². The fourth-order valence-corrected chi connectivity index (χ4v) is 3.67. The lowest BCUT2D eigenvalue weighted by molar-refractivity contribution is -0.171. The maximum Gasteiger partial charge on any atom is 0.309 e. The molecule has 0 saturated heterocycles. The van der Waals surface area contributed by atoms with Crippen molar-refractivity contribution in [1.29, 1.82) is 0 Å². The first-order chi connectivity index (χ1) is 10.7. The summed E-state index contributed by atoms with van der Waals surface area (Å²) in [7, 11) is 0. The molecule has 0 aliphatic heterocycles. The average molecular weight is 302 g/mol. The van der Waals surface area contributed by atoms with Crippen LogP contribution in [0.1, 0.15) is 77.2 Å². The van der Waals surface area contributed by atoms with Crippen molar-refractivity contribution in [3.05, 3.63) is 35.9 Å². The van der Waals surface area contributed by atoms with Crippen LogP contribution in [0.15, 0.2) is 30.3 Å². The number of carbonyl (C=O) groups is 1. The number of ether oxygens (including phenoxy) is 1. The minimum Gasteiger partial charge on any atom is -0.454 e. The van der Waals surface area contributed by atoms with Crippen LogP contribution in [0.2, 0.25) is 0 Å². The molecule has 2 heteroatoms. The van der Waals surface area contributed by atoms with Gasteiger partial charge >= 0.3 is 5.97 Å². The van der Waals surface area contributed by atoms with Gasteiger partial charge < -0.3 is 4.74 Å². The number of rotatable bonds is 7. The summed E-state index contributed by atoms with van der Waals surface area (Å²) in [5.41, 5.74) is 0.797. The molecule has 1 aliphatic rings. The van der Waals surface area contributed by atoms with Crippen LogP contribution in [0.25, 0.3) is 0 Å². The van der Waals surface area contributed by atoms with Gasteiger partial charge in [-0.05, 0) is 44.1 Å². The number of carbonyl (C=O) groups excluding carboxylic acids is 1. The normalized spacial score (nSPS) is 17.4. The van der Waals surface area contributed by atoms with Gasteiger partial charge in [0.1, 0.15) is 5.60 Å². The molecule has 0 aromatic heterocycles. The maximum absolute atomic E-state index is 12.7. The van der Waals surface area contributed by atoms with Crippen molar-refractivity contribution in [2.45, 2.75) is 77.2 Å². The van der Waals surface area contributed by atoms with Crippen LogP contribution in [0.5, 0.6) is 0 Å². The second-order valence-electron chi connectivity index (χ2n) is 6.62. The van der Waals surface area contributed by atoms with Crippen molar-refractivity contribution in [2.24, 2.45) is 5.92 Å². The van der Waals surface area contributed by atoms with Gasteiger partial charge in [-0.2, -0.15) is 0 Å². The third-order valence-electron chi connectivity index (χ3n) is 4.86. The Morgan fingerprint density at radius 1 is 1.05 bits per heavy atom. The molecule has 1 aromatic rings. The first-order valence-electron chi connectivity index (χ1n) is 9.00. The molecule has 2 rings (SSSR count). The Morgan fingerprint density at radius 3 is 2.18 bits per heavy atom. The average Bonchev–Trinajstić information content (AvgIpc) is 2.56. The van der Waals surface area contributed by atoms with Crippen LogP contribution in [-0.2, 0) is 15.1 Å². The Balaban J connectivity index is 2.18. The Hall–Kier alpha value is -1.31. The molecule has 1 saturated carbocycles. The van der Waals surface area contributed by atoms with Gasteiger partial charge in [-0.1, -0.05) is 63.4 Å². The molecule has 1 aliphatic carbocycles. The van der Waals surface area contributed by atoms with Crippen molar-refractivity contribution >= 4 is 5.97 Å². The largest absolute Gasteiger partial charge is 0.454 e. The van der Waals surface area contributed by atoms with Gasteiger partial charge in [-0.3, -0.25) is 4.79 Å². The molecular weight excluding hydrogens is 272 g/mol. The molecular formula is C20H30O2. The van der Waals surface area contributed by atoms with Gasteiger partial charge in [-0.25, -0.2) is 0 Å². The summed E-state index contributed by atoms with van der Waals surface area (Å²) in [5.74, 6) is 0.0898. The third-order valence-corrected chi connectivity index (χ3v) is 4.86. The van der Waals surface area contributed by atoms with Gasteiger partial charge in [0.05, 0.1) is 5.92 Å². The Kier molecular flexibility index (Phi) is 6.48. The highest BCUT2D eigenvalue weighted by Gasteiger charge is 2.38. The van der Waals surface area contributed by atoms with Crippen molar-refractivity contribution in [2.75, 3.05) is 0 Å². The van der Waals surface area contributed by atoms with E-state index in [2.05, 4.69) is 38.1 Å². The summed E-state index contributed by atoms with van der Waals surface area (Å²) in [4.78, 5) is 12.7. The van der Waals surface area contributed by atoms with E-state index < -0.39 is 0 Å². The number of benzene rings is 1. The van der Waals surface area contributed by atoms with Crippen molar-refractivity contribution in [3.63, 3.8) is 0 Å². The summed E-state index contributed by atoms with van der Waals surface area (Å²) in [6.07, 6.45) is 9.44.